The zero-order valence-corrected chi connectivity index (χ0v) is 18.3. The van der Waals surface area contributed by atoms with Crippen molar-refractivity contribution in [2.75, 3.05) is 24.6 Å². The molecular formula is C24H33N5O3. The molecule has 4 heterocycles. The zero-order chi connectivity index (χ0) is 21.8. The van der Waals surface area contributed by atoms with Crippen molar-refractivity contribution in [1.29, 1.82) is 0 Å². The molecule has 3 aromatic rings. The Hall–Kier alpha value is -2.55. The quantitative estimate of drug-likeness (QED) is 0.639. The Balaban J connectivity index is 0.00000245. The van der Waals surface area contributed by atoms with E-state index in [4.69, 9.17) is 24.9 Å². The number of rotatable bonds is 3. The van der Waals surface area contributed by atoms with E-state index in [1.807, 2.05) is 32.0 Å². The first kappa shape index (κ1) is 22.6. The zero-order valence-electron chi connectivity index (χ0n) is 18.3. The third kappa shape index (κ3) is 3.66. The molecule has 2 aliphatic heterocycles. The van der Waals surface area contributed by atoms with Gasteiger partial charge in [-0.2, -0.15) is 0 Å². The molecule has 2 fully saturated rings. The van der Waals surface area contributed by atoms with Crippen LogP contribution in [-0.2, 0) is 11.3 Å². The smallest absolute Gasteiger partial charge is 0.192 e. The number of benzene rings is 1. The minimum absolute atomic E-state index is 0. The molecule has 5 rings (SSSR count). The number of fused-ring (bicyclic) bond motifs is 1. The second-order valence-corrected chi connectivity index (χ2v) is 8.89. The molecule has 0 saturated carbocycles. The number of ether oxygens (including phenoxy) is 1. The molecule has 1 spiro atoms. The number of aliphatic hydroxyl groups excluding tert-OH is 1. The molecule has 172 valence electrons. The predicted molar refractivity (Wildman–Crippen MR) is 124 cm³/mol. The Morgan fingerprint density at radius 3 is 2.59 bits per heavy atom. The van der Waals surface area contributed by atoms with Gasteiger partial charge in [0.05, 0.1) is 30.7 Å². The summed E-state index contributed by atoms with van der Waals surface area (Å²) in [7, 11) is 0. The summed E-state index contributed by atoms with van der Waals surface area (Å²) in [6.45, 7) is 8.06. The van der Waals surface area contributed by atoms with Gasteiger partial charge in [0.2, 0.25) is 0 Å². The van der Waals surface area contributed by atoms with Crippen molar-refractivity contribution in [3.05, 3.63) is 35.5 Å². The lowest BCUT2D eigenvalue weighted by atomic mass is 9.73. The highest BCUT2D eigenvalue weighted by Crippen LogP contribution is 2.42. The van der Waals surface area contributed by atoms with Crippen molar-refractivity contribution < 1.29 is 14.3 Å². The van der Waals surface area contributed by atoms with Crippen LogP contribution in [0.25, 0.3) is 22.4 Å². The SMILES string of the molecule is C.Cc1nc2ccc(-c3nc(CO)c(N4CCC5(CC4)CO[C@@H](C)[C@H]5N)nc3C)cc2o1. The van der Waals surface area contributed by atoms with Crippen molar-refractivity contribution in [1.82, 2.24) is 15.0 Å². The van der Waals surface area contributed by atoms with Crippen LogP contribution in [0.5, 0.6) is 0 Å². The number of aliphatic hydroxyl groups is 1. The van der Waals surface area contributed by atoms with E-state index in [0.29, 0.717) is 11.6 Å². The summed E-state index contributed by atoms with van der Waals surface area (Å²) >= 11 is 0. The van der Waals surface area contributed by atoms with E-state index in [1.54, 1.807) is 0 Å². The van der Waals surface area contributed by atoms with Gasteiger partial charge in [-0.25, -0.2) is 15.0 Å². The average Bonchev–Trinajstić information content (AvgIpc) is 3.28. The first-order valence-corrected chi connectivity index (χ1v) is 10.9. The lowest BCUT2D eigenvalue weighted by Gasteiger charge is -2.42. The van der Waals surface area contributed by atoms with Crippen molar-refractivity contribution >= 4 is 16.9 Å². The van der Waals surface area contributed by atoms with Crippen LogP contribution in [0.2, 0.25) is 0 Å². The monoisotopic (exact) mass is 439 g/mol. The van der Waals surface area contributed by atoms with Crippen LogP contribution < -0.4 is 10.6 Å². The molecule has 2 saturated heterocycles. The van der Waals surface area contributed by atoms with Crippen LogP contribution >= 0.6 is 0 Å². The van der Waals surface area contributed by atoms with E-state index >= 15 is 0 Å². The van der Waals surface area contributed by atoms with E-state index < -0.39 is 0 Å². The third-order valence-corrected chi connectivity index (χ3v) is 6.95. The molecule has 0 bridgehead atoms. The Bertz CT molecular complexity index is 1120. The summed E-state index contributed by atoms with van der Waals surface area (Å²) in [5.74, 6) is 1.39. The second kappa shape index (κ2) is 8.42. The molecule has 0 radical (unpaired) electrons. The summed E-state index contributed by atoms with van der Waals surface area (Å²) in [6, 6.07) is 5.89. The number of hydrogen-bond donors (Lipinski definition) is 2. The van der Waals surface area contributed by atoms with Gasteiger partial charge in [-0.1, -0.05) is 13.5 Å². The van der Waals surface area contributed by atoms with Gasteiger partial charge in [0, 0.05) is 37.0 Å². The molecular weight excluding hydrogens is 406 g/mol. The van der Waals surface area contributed by atoms with Gasteiger partial charge >= 0.3 is 0 Å². The van der Waals surface area contributed by atoms with Gasteiger partial charge in [-0.15, -0.1) is 0 Å². The Kier molecular flexibility index (Phi) is 5.96. The van der Waals surface area contributed by atoms with Crippen LogP contribution in [0.1, 0.15) is 44.5 Å². The minimum atomic E-state index is -0.166. The number of nitrogens with two attached hydrogens (primary N) is 1. The molecule has 1 aromatic carbocycles. The molecule has 2 aromatic heterocycles. The highest BCUT2D eigenvalue weighted by molar-refractivity contribution is 5.80. The molecule has 8 nitrogen and oxygen atoms in total. The number of piperidine rings is 1. The lowest BCUT2D eigenvalue weighted by molar-refractivity contribution is 0.0973. The summed E-state index contributed by atoms with van der Waals surface area (Å²) in [5.41, 5.74) is 11.1. The van der Waals surface area contributed by atoms with Crippen LogP contribution in [0.3, 0.4) is 0 Å². The summed E-state index contributed by atoms with van der Waals surface area (Å²) < 4.78 is 11.5. The highest BCUT2D eigenvalue weighted by atomic mass is 16.5. The largest absolute Gasteiger partial charge is 0.441 e. The minimum Gasteiger partial charge on any atom is -0.441 e. The van der Waals surface area contributed by atoms with Crippen LogP contribution in [0.4, 0.5) is 5.82 Å². The Morgan fingerprint density at radius 1 is 1.19 bits per heavy atom. The summed E-state index contributed by atoms with van der Waals surface area (Å²) in [4.78, 5) is 16.2. The number of aromatic nitrogens is 3. The normalized spacial score (nSPS) is 22.5. The van der Waals surface area contributed by atoms with Crippen molar-refractivity contribution in [3.63, 3.8) is 0 Å². The maximum atomic E-state index is 10.1. The van der Waals surface area contributed by atoms with Gasteiger partial charge in [0.1, 0.15) is 11.2 Å². The Labute approximate surface area is 188 Å². The molecule has 0 aliphatic carbocycles. The molecule has 3 N–H and O–H groups in total. The number of anilines is 1. The fraction of sp³-hybridized carbons (Fsp3) is 0.542. The van der Waals surface area contributed by atoms with Crippen molar-refractivity contribution in [3.8, 4) is 11.3 Å². The number of aryl methyl sites for hydroxylation is 2. The average molecular weight is 440 g/mol. The summed E-state index contributed by atoms with van der Waals surface area (Å²) in [5, 5.41) is 10.1. The van der Waals surface area contributed by atoms with Crippen molar-refractivity contribution in [2.24, 2.45) is 11.1 Å². The fourth-order valence-corrected chi connectivity index (χ4v) is 5.00. The van der Waals surface area contributed by atoms with Gasteiger partial charge in [-0.3, -0.25) is 0 Å². The van der Waals surface area contributed by atoms with Gasteiger partial charge < -0.3 is 24.9 Å². The molecule has 0 amide bonds. The molecule has 0 unspecified atom stereocenters. The highest BCUT2D eigenvalue weighted by Gasteiger charge is 2.47. The number of oxazole rings is 1. The third-order valence-electron chi connectivity index (χ3n) is 6.95. The second-order valence-electron chi connectivity index (χ2n) is 8.89. The molecule has 2 atom stereocenters. The maximum absolute atomic E-state index is 10.1. The lowest BCUT2D eigenvalue weighted by Crippen LogP contribution is -2.51. The maximum Gasteiger partial charge on any atom is 0.192 e. The number of hydrogen-bond acceptors (Lipinski definition) is 8. The first-order valence-electron chi connectivity index (χ1n) is 10.9. The predicted octanol–water partition coefficient (Wildman–Crippen LogP) is 3.36. The van der Waals surface area contributed by atoms with E-state index in [-0.39, 0.29) is 31.6 Å². The van der Waals surface area contributed by atoms with E-state index in [0.717, 1.165) is 66.4 Å². The first-order chi connectivity index (χ1) is 14.9. The summed E-state index contributed by atoms with van der Waals surface area (Å²) in [6.07, 6.45) is 2.01. The Morgan fingerprint density at radius 2 is 1.94 bits per heavy atom. The van der Waals surface area contributed by atoms with E-state index in [9.17, 15) is 5.11 Å². The van der Waals surface area contributed by atoms with E-state index in [2.05, 4.69) is 16.8 Å². The van der Waals surface area contributed by atoms with Crippen molar-refractivity contribution in [2.45, 2.75) is 59.8 Å². The molecule has 2 aliphatic rings. The van der Waals surface area contributed by atoms with E-state index in [1.165, 1.54) is 0 Å². The van der Waals surface area contributed by atoms with Crippen LogP contribution in [-0.4, -0.2) is 51.9 Å². The van der Waals surface area contributed by atoms with Crippen LogP contribution in [0.15, 0.2) is 22.6 Å². The fourth-order valence-electron chi connectivity index (χ4n) is 5.00. The van der Waals surface area contributed by atoms with Crippen LogP contribution in [0, 0.1) is 19.3 Å². The number of nitrogens with zero attached hydrogens (tertiary/aromatic N) is 4. The van der Waals surface area contributed by atoms with Gasteiger partial charge in [-0.05, 0) is 38.8 Å². The van der Waals surface area contributed by atoms with Gasteiger partial charge in [0.15, 0.2) is 17.3 Å². The molecule has 32 heavy (non-hydrogen) atoms. The standard InChI is InChI=1S/C23H29N5O3.CH4/c1-13-20(16-4-5-17-19(10-16)31-15(3)26-17)27-18(11-29)22(25-13)28-8-6-23(7-9-28)12-30-14(2)21(23)24;/h4-5,10,14,21,29H,6-9,11-12,24H2,1-3H3;1H4/t14-,21+;/m0./s1. The molecule has 8 heteroatoms. The topological polar surface area (TPSA) is 111 Å². The van der Waals surface area contributed by atoms with Gasteiger partial charge in [0.25, 0.3) is 0 Å².